The number of ether oxygens (including phenoxy) is 3. The second-order valence-electron chi connectivity index (χ2n) is 8.74. The Bertz CT molecular complexity index is 1370. The van der Waals surface area contributed by atoms with Crippen molar-refractivity contribution < 1.29 is 14.2 Å². The number of anilines is 2. The number of hydrazone groups is 1. The van der Waals surface area contributed by atoms with Gasteiger partial charge in [0.25, 0.3) is 5.95 Å². The van der Waals surface area contributed by atoms with Crippen LogP contribution in [0.4, 0.5) is 11.9 Å². The van der Waals surface area contributed by atoms with Crippen LogP contribution in [0.3, 0.4) is 0 Å². The van der Waals surface area contributed by atoms with Gasteiger partial charge in [-0.1, -0.05) is 24.3 Å². The number of nitrogens with zero attached hydrogens (tertiary/aromatic N) is 5. The van der Waals surface area contributed by atoms with Gasteiger partial charge in [0, 0.05) is 42.2 Å². The van der Waals surface area contributed by atoms with E-state index in [2.05, 4.69) is 41.4 Å². The molecule has 0 aliphatic carbocycles. The average Bonchev–Trinajstić information content (AvgIpc) is 3.36. The molecule has 192 valence electrons. The summed E-state index contributed by atoms with van der Waals surface area (Å²) in [6, 6.07) is 14.2. The van der Waals surface area contributed by atoms with Crippen LogP contribution in [0.1, 0.15) is 30.4 Å². The van der Waals surface area contributed by atoms with E-state index in [4.69, 9.17) is 14.2 Å². The van der Waals surface area contributed by atoms with Gasteiger partial charge in [-0.2, -0.15) is 20.1 Å². The molecule has 0 radical (unpaired) electrons. The highest BCUT2D eigenvalue weighted by atomic mass is 16.5. The molecule has 1 fully saturated rings. The molecule has 37 heavy (non-hydrogen) atoms. The van der Waals surface area contributed by atoms with Crippen LogP contribution in [0.15, 0.2) is 53.8 Å². The van der Waals surface area contributed by atoms with Crippen molar-refractivity contribution in [2.45, 2.75) is 25.7 Å². The van der Waals surface area contributed by atoms with Gasteiger partial charge in [-0.15, -0.1) is 0 Å². The fourth-order valence-electron chi connectivity index (χ4n) is 4.35. The maximum absolute atomic E-state index is 5.96. The topological polar surface area (TPSA) is 110 Å². The third kappa shape index (κ3) is 5.91. The Hall–Kier alpha value is -4.34. The van der Waals surface area contributed by atoms with Crippen LogP contribution in [-0.4, -0.2) is 60.1 Å². The standard InChI is InChI=1S/C27H31N7O3/c1-35-23-11-10-19(16-24(23)36-2)12-15-37-27-31-25(30-26(32-27)34-13-6-3-7-14-34)33-29-18-20-17-28-22-9-5-4-8-21(20)22/h4-5,8-11,16-18,28H,3,6-7,12-15H2,1-2H3,(H,30,31,32,33)/b29-18+. The molecular formula is C27H31N7O3. The van der Waals surface area contributed by atoms with Gasteiger partial charge in [0.05, 0.1) is 27.0 Å². The maximum atomic E-state index is 5.96. The van der Waals surface area contributed by atoms with E-state index in [-0.39, 0.29) is 6.01 Å². The van der Waals surface area contributed by atoms with Crippen molar-refractivity contribution in [3.05, 3.63) is 59.8 Å². The molecule has 2 aromatic carbocycles. The summed E-state index contributed by atoms with van der Waals surface area (Å²) >= 11 is 0. The van der Waals surface area contributed by atoms with Gasteiger partial charge in [-0.25, -0.2) is 5.43 Å². The molecule has 0 saturated carbocycles. The van der Waals surface area contributed by atoms with Gasteiger partial charge in [0.2, 0.25) is 5.95 Å². The number of methoxy groups -OCH3 is 2. The summed E-state index contributed by atoms with van der Waals surface area (Å²) in [4.78, 5) is 19.1. The normalized spacial score (nSPS) is 13.7. The highest BCUT2D eigenvalue weighted by Gasteiger charge is 2.17. The second kappa shape index (κ2) is 11.6. The molecule has 0 atom stereocenters. The van der Waals surface area contributed by atoms with Crippen molar-refractivity contribution in [2.75, 3.05) is 44.2 Å². The van der Waals surface area contributed by atoms with Crippen molar-refractivity contribution >= 4 is 29.0 Å². The first-order valence-electron chi connectivity index (χ1n) is 12.4. The lowest BCUT2D eigenvalue weighted by molar-refractivity contribution is 0.295. The SMILES string of the molecule is COc1ccc(CCOc2nc(N/N=C/c3c[nH]c4ccccc34)nc(N3CCCCC3)n2)cc1OC. The number of rotatable bonds is 10. The molecule has 0 amide bonds. The molecule has 0 unspecified atom stereocenters. The molecule has 2 aromatic heterocycles. The van der Waals surface area contributed by atoms with Crippen LogP contribution < -0.4 is 24.5 Å². The van der Waals surface area contributed by atoms with Crippen LogP contribution in [0, 0.1) is 0 Å². The molecule has 1 saturated heterocycles. The molecule has 3 heterocycles. The van der Waals surface area contributed by atoms with Gasteiger partial charge in [0.15, 0.2) is 11.5 Å². The summed E-state index contributed by atoms with van der Waals surface area (Å²) in [5.41, 5.74) is 6.05. The Morgan fingerprint density at radius 2 is 1.84 bits per heavy atom. The van der Waals surface area contributed by atoms with Gasteiger partial charge < -0.3 is 24.1 Å². The first-order valence-corrected chi connectivity index (χ1v) is 12.4. The van der Waals surface area contributed by atoms with Crippen LogP contribution >= 0.6 is 0 Å². The molecule has 2 N–H and O–H groups in total. The summed E-state index contributed by atoms with van der Waals surface area (Å²) < 4.78 is 16.7. The van der Waals surface area contributed by atoms with Crippen molar-refractivity contribution in [3.63, 3.8) is 0 Å². The third-order valence-corrected chi connectivity index (χ3v) is 6.30. The predicted molar refractivity (Wildman–Crippen MR) is 144 cm³/mol. The van der Waals surface area contributed by atoms with Crippen LogP contribution in [-0.2, 0) is 6.42 Å². The first-order chi connectivity index (χ1) is 18.2. The molecular weight excluding hydrogens is 470 g/mol. The second-order valence-corrected chi connectivity index (χ2v) is 8.74. The van der Waals surface area contributed by atoms with Gasteiger partial charge in [0.1, 0.15) is 0 Å². The Labute approximate surface area is 215 Å². The van der Waals surface area contributed by atoms with Crippen LogP contribution in [0.5, 0.6) is 17.5 Å². The zero-order chi connectivity index (χ0) is 25.5. The number of fused-ring (bicyclic) bond motifs is 1. The number of aromatic amines is 1. The van der Waals surface area contributed by atoms with E-state index in [1.54, 1.807) is 20.4 Å². The summed E-state index contributed by atoms with van der Waals surface area (Å²) in [6.45, 7) is 2.22. The lowest BCUT2D eigenvalue weighted by Gasteiger charge is -2.26. The van der Waals surface area contributed by atoms with Crippen molar-refractivity contribution in [2.24, 2.45) is 5.10 Å². The number of hydrogen-bond donors (Lipinski definition) is 2. The highest BCUT2D eigenvalue weighted by molar-refractivity contribution is 5.99. The fourth-order valence-corrected chi connectivity index (χ4v) is 4.35. The average molecular weight is 502 g/mol. The molecule has 4 aromatic rings. The Morgan fingerprint density at radius 1 is 1.00 bits per heavy atom. The largest absolute Gasteiger partial charge is 0.493 e. The van der Waals surface area contributed by atoms with Crippen molar-refractivity contribution in [1.82, 2.24) is 19.9 Å². The molecule has 1 aliphatic heterocycles. The van der Waals surface area contributed by atoms with Crippen LogP contribution in [0.25, 0.3) is 10.9 Å². The van der Waals surface area contributed by atoms with E-state index in [1.807, 2.05) is 42.6 Å². The zero-order valence-electron chi connectivity index (χ0n) is 21.1. The Kier molecular flexibility index (Phi) is 7.63. The smallest absolute Gasteiger partial charge is 0.323 e. The van der Waals surface area contributed by atoms with Crippen LogP contribution in [0.2, 0.25) is 0 Å². The van der Waals surface area contributed by atoms with Gasteiger partial charge in [-0.05, 0) is 43.0 Å². The monoisotopic (exact) mass is 501 g/mol. The van der Waals surface area contributed by atoms with E-state index >= 15 is 0 Å². The van der Waals surface area contributed by atoms with E-state index in [0.29, 0.717) is 36.4 Å². The number of piperidine rings is 1. The van der Waals surface area contributed by atoms with Gasteiger partial charge >= 0.3 is 6.01 Å². The van der Waals surface area contributed by atoms with Gasteiger partial charge in [-0.3, -0.25) is 0 Å². The van der Waals surface area contributed by atoms with Crippen molar-refractivity contribution in [1.29, 1.82) is 0 Å². The molecule has 5 rings (SSSR count). The lowest BCUT2D eigenvalue weighted by Crippen LogP contribution is -2.31. The number of para-hydroxylation sites is 1. The molecule has 10 nitrogen and oxygen atoms in total. The maximum Gasteiger partial charge on any atom is 0.323 e. The number of nitrogens with one attached hydrogen (secondary N) is 2. The number of hydrogen-bond acceptors (Lipinski definition) is 9. The molecule has 0 bridgehead atoms. The summed E-state index contributed by atoms with van der Waals surface area (Å²) in [5.74, 6) is 2.32. The highest BCUT2D eigenvalue weighted by Crippen LogP contribution is 2.28. The third-order valence-electron chi connectivity index (χ3n) is 6.30. The summed E-state index contributed by atoms with van der Waals surface area (Å²) in [5, 5.41) is 5.47. The first kappa shape index (κ1) is 24.4. The number of aromatic nitrogens is 4. The lowest BCUT2D eigenvalue weighted by atomic mass is 10.1. The minimum Gasteiger partial charge on any atom is -0.493 e. The zero-order valence-corrected chi connectivity index (χ0v) is 21.1. The Morgan fingerprint density at radius 3 is 2.68 bits per heavy atom. The molecule has 10 heteroatoms. The fraction of sp³-hybridized carbons (Fsp3) is 0.333. The predicted octanol–water partition coefficient (Wildman–Crippen LogP) is 4.43. The molecule has 1 aliphatic rings. The van der Waals surface area contributed by atoms with E-state index in [9.17, 15) is 0 Å². The van der Waals surface area contributed by atoms with E-state index < -0.39 is 0 Å². The minimum atomic E-state index is 0.265. The molecule has 0 spiro atoms. The Balaban J connectivity index is 1.30. The van der Waals surface area contributed by atoms with E-state index in [0.717, 1.165) is 48.0 Å². The minimum absolute atomic E-state index is 0.265. The number of benzene rings is 2. The summed E-state index contributed by atoms with van der Waals surface area (Å²) in [7, 11) is 3.25. The summed E-state index contributed by atoms with van der Waals surface area (Å²) in [6.07, 6.45) is 7.78. The van der Waals surface area contributed by atoms with Crippen molar-refractivity contribution in [3.8, 4) is 17.5 Å². The quantitative estimate of drug-likeness (QED) is 0.243. The van der Waals surface area contributed by atoms with E-state index in [1.165, 1.54) is 6.42 Å². The number of H-pyrrole nitrogens is 1.